The Morgan fingerprint density at radius 2 is 2.43 bits per heavy atom. The van der Waals surface area contributed by atoms with E-state index >= 15 is 0 Å². The van der Waals surface area contributed by atoms with Crippen LogP contribution in [0, 0.1) is 0 Å². The van der Waals surface area contributed by atoms with Crippen LogP contribution < -0.4 is 5.73 Å². The van der Waals surface area contributed by atoms with E-state index < -0.39 is 12.0 Å². The lowest BCUT2D eigenvalue weighted by Crippen LogP contribution is -2.24. The second-order valence-corrected chi connectivity index (χ2v) is 2.88. The number of rotatable bonds is 3. The normalized spacial score (nSPS) is 12.2. The first-order chi connectivity index (χ1) is 6.65. The van der Waals surface area contributed by atoms with E-state index in [4.69, 9.17) is 22.1 Å². The fourth-order valence-electron chi connectivity index (χ4n) is 0.859. The lowest BCUT2D eigenvalue weighted by molar-refractivity contribution is -0.144. The monoisotopic (exact) mass is 215 g/mol. The summed E-state index contributed by atoms with van der Waals surface area (Å²) in [5.74, 6) is -0.538. The summed E-state index contributed by atoms with van der Waals surface area (Å²) < 4.78 is 4.72. The summed E-state index contributed by atoms with van der Waals surface area (Å²) in [6.45, 7) is 1.98. The lowest BCUT2D eigenvalue weighted by Gasteiger charge is -2.08. The van der Waals surface area contributed by atoms with E-state index in [9.17, 15) is 4.79 Å². The van der Waals surface area contributed by atoms with Crippen LogP contribution in [0.3, 0.4) is 0 Å². The third-order valence-electron chi connectivity index (χ3n) is 1.48. The number of halogens is 1. The van der Waals surface area contributed by atoms with Crippen molar-refractivity contribution in [2.24, 2.45) is 5.73 Å². The van der Waals surface area contributed by atoms with Gasteiger partial charge in [-0.05, 0) is 6.92 Å². The standard InChI is InChI=1S/C8H10ClN3O2/c1-2-14-8(13)7(10)5-3-11-4-6(9)12-5/h3-4,7H,2,10H2,1H3. The average molecular weight is 216 g/mol. The largest absolute Gasteiger partial charge is 0.465 e. The van der Waals surface area contributed by atoms with Gasteiger partial charge in [0.05, 0.1) is 24.7 Å². The van der Waals surface area contributed by atoms with Crippen LogP contribution in [-0.4, -0.2) is 22.5 Å². The van der Waals surface area contributed by atoms with Gasteiger partial charge in [-0.25, -0.2) is 9.78 Å². The summed E-state index contributed by atoms with van der Waals surface area (Å²) in [6, 6.07) is -0.929. The average Bonchev–Trinajstić information content (AvgIpc) is 2.17. The second kappa shape index (κ2) is 4.88. The van der Waals surface area contributed by atoms with Crippen molar-refractivity contribution in [3.63, 3.8) is 0 Å². The molecule has 0 aliphatic carbocycles. The molecule has 0 aliphatic rings. The molecule has 0 radical (unpaired) electrons. The molecule has 1 aromatic rings. The summed E-state index contributed by atoms with van der Waals surface area (Å²) in [7, 11) is 0. The van der Waals surface area contributed by atoms with Crippen molar-refractivity contribution in [1.29, 1.82) is 0 Å². The van der Waals surface area contributed by atoms with Crippen LogP contribution in [0.4, 0.5) is 0 Å². The first-order valence-electron chi connectivity index (χ1n) is 4.04. The van der Waals surface area contributed by atoms with Gasteiger partial charge >= 0.3 is 5.97 Å². The highest BCUT2D eigenvalue weighted by Gasteiger charge is 2.18. The molecular formula is C8H10ClN3O2. The number of carbonyl (C=O) groups excluding carboxylic acids is 1. The molecule has 5 nitrogen and oxygen atoms in total. The fourth-order valence-corrected chi connectivity index (χ4v) is 1.01. The molecule has 0 aliphatic heterocycles. The summed E-state index contributed by atoms with van der Waals surface area (Å²) in [5.41, 5.74) is 5.86. The van der Waals surface area contributed by atoms with E-state index in [0.29, 0.717) is 5.69 Å². The molecule has 14 heavy (non-hydrogen) atoms. The summed E-state index contributed by atoms with van der Waals surface area (Å²) in [6.07, 6.45) is 2.75. The first-order valence-corrected chi connectivity index (χ1v) is 4.42. The van der Waals surface area contributed by atoms with Gasteiger partial charge in [-0.1, -0.05) is 11.6 Å². The molecule has 2 N–H and O–H groups in total. The van der Waals surface area contributed by atoms with E-state index in [1.807, 2.05) is 0 Å². The molecule has 1 unspecified atom stereocenters. The Kier molecular flexibility index (Phi) is 3.79. The highest BCUT2D eigenvalue weighted by atomic mass is 35.5. The van der Waals surface area contributed by atoms with Crippen molar-refractivity contribution in [2.45, 2.75) is 13.0 Å². The van der Waals surface area contributed by atoms with Gasteiger partial charge < -0.3 is 10.5 Å². The van der Waals surface area contributed by atoms with Crippen molar-refractivity contribution < 1.29 is 9.53 Å². The number of aromatic nitrogens is 2. The van der Waals surface area contributed by atoms with Crippen molar-refractivity contribution in [1.82, 2.24) is 9.97 Å². The molecule has 0 spiro atoms. The molecule has 0 amide bonds. The SMILES string of the molecule is CCOC(=O)C(N)c1cncc(Cl)n1. The smallest absolute Gasteiger partial charge is 0.329 e. The molecule has 0 bridgehead atoms. The summed E-state index contributed by atoms with van der Waals surface area (Å²) in [4.78, 5) is 18.8. The lowest BCUT2D eigenvalue weighted by atomic mass is 10.2. The Balaban J connectivity index is 2.78. The number of nitrogens with zero attached hydrogens (tertiary/aromatic N) is 2. The van der Waals surface area contributed by atoms with E-state index in [0.717, 1.165) is 0 Å². The second-order valence-electron chi connectivity index (χ2n) is 2.50. The topological polar surface area (TPSA) is 78.1 Å². The fraction of sp³-hybridized carbons (Fsp3) is 0.375. The van der Waals surface area contributed by atoms with Gasteiger partial charge in [0, 0.05) is 0 Å². The maximum atomic E-state index is 11.2. The molecule has 76 valence electrons. The highest BCUT2D eigenvalue weighted by molar-refractivity contribution is 6.29. The number of carbonyl (C=O) groups is 1. The Morgan fingerprint density at radius 3 is 3.00 bits per heavy atom. The number of nitrogens with two attached hydrogens (primary N) is 1. The number of hydrogen-bond donors (Lipinski definition) is 1. The Bertz CT molecular complexity index is 332. The molecule has 6 heteroatoms. The molecule has 1 atom stereocenters. The van der Waals surface area contributed by atoms with Crippen LogP contribution in [0.2, 0.25) is 5.15 Å². The van der Waals surface area contributed by atoms with Gasteiger partial charge in [-0.15, -0.1) is 0 Å². The van der Waals surface area contributed by atoms with Crippen LogP contribution in [0.25, 0.3) is 0 Å². The van der Waals surface area contributed by atoms with Gasteiger partial charge in [0.1, 0.15) is 11.2 Å². The predicted octanol–water partition coefficient (Wildman–Crippen LogP) is 0.693. The number of esters is 1. The number of ether oxygens (including phenoxy) is 1. The third-order valence-corrected chi connectivity index (χ3v) is 1.67. The van der Waals surface area contributed by atoms with Crippen molar-refractivity contribution in [3.8, 4) is 0 Å². The molecule has 1 rings (SSSR count). The van der Waals surface area contributed by atoms with Crippen LogP contribution in [0.15, 0.2) is 12.4 Å². The quantitative estimate of drug-likeness (QED) is 0.751. The minimum absolute atomic E-state index is 0.197. The molecule has 0 fully saturated rings. The van der Waals surface area contributed by atoms with E-state index in [2.05, 4.69) is 9.97 Å². The first kappa shape index (κ1) is 10.9. The van der Waals surface area contributed by atoms with Crippen molar-refractivity contribution >= 4 is 17.6 Å². The Morgan fingerprint density at radius 1 is 1.71 bits per heavy atom. The van der Waals surface area contributed by atoms with E-state index in [1.54, 1.807) is 6.92 Å². The zero-order chi connectivity index (χ0) is 10.6. The van der Waals surface area contributed by atoms with Gasteiger partial charge in [0.2, 0.25) is 0 Å². The predicted molar refractivity (Wildman–Crippen MR) is 50.6 cm³/mol. The van der Waals surface area contributed by atoms with Gasteiger partial charge in [-0.3, -0.25) is 4.98 Å². The van der Waals surface area contributed by atoms with Gasteiger partial charge in [-0.2, -0.15) is 0 Å². The molecule has 0 saturated carbocycles. The number of hydrogen-bond acceptors (Lipinski definition) is 5. The zero-order valence-corrected chi connectivity index (χ0v) is 8.36. The maximum absolute atomic E-state index is 11.2. The van der Waals surface area contributed by atoms with Gasteiger partial charge in [0.15, 0.2) is 0 Å². The molecular weight excluding hydrogens is 206 g/mol. The third kappa shape index (κ3) is 2.65. The van der Waals surface area contributed by atoms with Crippen LogP contribution >= 0.6 is 11.6 Å². The summed E-state index contributed by atoms with van der Waals surface area (Å²) >= 11 is 5.59. The minimum Gasteiger partial charge on any atom is -0.465 e. The Hall–Kier alpha value is -1.20. The van der Waals surface area contributed by atoms with Crippen molar-refractivity contribution in [3.05, 3.63) is 23.2 Å². The van der Waals surface area contributed by atoms with E-state index in [1.165, 1.54) is 12.4 Å². The zero-order valence-electron chi connectivity index (χ0n) is 7.61. The maximum Gasteiger partial charge on any atom is 0.329 e. The van der Waals surface area contributed by atoms with Crippen LogP contribution in [0.5, 0.6) is 0 Å². The molecule has 1 heterocycles. The van der Waals surface area contributed by atoms with Crippen LogP contribution in [-0.2, 0) is 9.53 Å². The molecule has 1 aromatic heterocycles. The van der Waals surface area contributed by atoms with Gasteiger partial charge in [0.25, 0.3) is 0 Å². The minimum atomic E-state index is -0.929. The molecule has 0 aromatic carbocycles. The molecule has 0 saturated heterocycles. The van der Waals surface area contributed by atoms with Crippen LogP contribution in [0.1, 0.15) is 18.7 Å². The highest BCUT2D eigenvalue weighted by Crippen LogP contribution is 2.10. The summed E-state index contributed by atoms with van der Waals surface area (Å²) in [5, 5.41) is 0.197. The van der Waals surface area contributed by atoms with E-state index in [-0.39, 0.29) is 11.8 Å². The Labute approximate surface area is 86.2 Å². The van der Waals surface area contributed by atoms with Crippen molar-refractivity contribution in [2.75, 3.05) is 6.61 Å².